The van der Waals surface area contributed by atoms with Crippen molar-refractivity contribution in [1.82, 2.24) is 10.6 Å². The number of aliphatic hydroxyl groups is 3. The lowest BCUT2D eigenvalue weighted by Crippen LogP contribution is -2.56. The summed E-state index contributed by atoms with van der Waals surface area (Å²) in [5.41, 5.74) is -4.05. The highest BCUT2D eigenvalue weighted by Crippen LogP contribution is 2.52. The second-order valence-electron chi connectivity index (χ2n) is 12.9. The molecule has 15 heteroatoms. The molecule has 2 amide bonds. The van der Waals surface area contributed by atoms with E-state index in [4.69, 9.17) is 14.2 Å². The summed E-state index contributed by atoms with van der Waals surface area (Å²) in [6.45, 7) is 4.01. The van der Waals surface area contributed by atoms with E-state index in [0.29, 0.717) is 0 Å². The number of carbonyl (C=O) groups is 5. The molecule has 0 bridgehead atoms. The number of hydrogen-bond acceptors (Lipinski definition) is 13. The molecule has 0 aromatic heterocycles. The van der Waals surface area contributed by atoms with Gasteiger partial charge in [0.25, 0.3) is 0 Å². The molecule has 1 fully saturated rings. The topological polar surface area (TPSA) is 238 Å². The predicted octanol–water partition coefficient (Wildman–Crippen LogP) is 0.464. The number of Topliss-reactive ketones (excluding diaryl/α,β-unsaturated/α-hetero) is 1. The predicted molar refractivity (Wildman–Crippen MR) is 168 cm³/mol. The molecule has 2 aromatic carbocycles. The molecule has 0 unspecified atom stereocenters. The van der Waals surface area contributed by atoms with E-state index in [9.17, 15) is 49.5 Å². The van der Waals surface area contributed by atoms with Crippen molar-refractivity contribution in [1.29, 1.82) is 0 Å². The van der Waals surface area contributed by atoms with Crippen molar-refractivity contribution in [2.75, 3.05) is 13.7 Å². The van der Waals surface area contributed by atoms with E-state index < -0.39 is 102 Å². The fraction of sp³-hybridized carbons (Fsp3) is 0.500. The van der Waals surface area contributed by atoms with Gasteiger partial charge in [0.05, 0.1) is 42.0 Å². The highest BCUT2D eigenvalue weighted by Gasteiger charge is 2.50. The number of carbonyl (C=O) groups excluding carboxylic acids is 5. The van der Waals surface area contributed by atoms with E-state index >= 15 is 0 Å². The average molecular weight is 685 g/mol. The summed E-state index contributed by atoms with van der Waals surface area (Å²) in [6.07, 6.45) is -6.41. The van der Waals surface area contributed by atoms with E-state index in [1.54, 1.807) is 13.8 Å². The van der Waals surface area contributed by atoms with Gasteiger partial charge in [0.2, 0.25) is 17.6 Å². The van der Waals surface area contributed by atoms with Crippen LogP contribution in [-0.2, 0) is 30.3 Å². The minimum atomic E-state index is -2.34. The first-order chi connectivity index (χ1) is 23.1. The number of ketones is 3. The quantitative estimate of drug-likeness (QED) is 0.144. The Hall–Kier alpha value is -4.41. The van der Waals surface area contributed by atoms with Gasteiger partial charge in [0.1, 0.15) is 35.6 Å². The SMILES string of the molecule is COc1cccc2c1C(=O)c1c(O)c3c(c(O)c1C2=O)C[C@@](O)(C(=O)CO)C[C@@H]3O[C@H]1C[C@H](NC(=O)CCC(=O)NC(C)C)[C@H](O)[C@H](C)O1. The number of hydrogen-bond donors (Lipinski definition) is 7. The van der Waals surface area contributed by atoms with Crippen LogP contribution in [0.5, 0.6) is 17.2 Å². The van der Waals surface area contributed by atoms with Gasteiger partial charge in [-0.25, -0.2) is 0 Å². The lowest BCUT2D eigenvalue weighted by Gasteiger charge is -2.43. The number of aliphatic hydroxyl groups excluding tert-OH is 2. The monoisotopic (exact) mass is 684 g/mol. The highest BCUT2D eigenvalue weighted by molar-refractivity contribution is 6.31. The van der Waals surface area contributed by atoms with Gasteiger partial charge in [-0.05, 0) is 26.8 Å². The van der Waals surface area contributed by atoms with Crippen LogP contribution in [0.1, 0.15) is 95.5 Å². The minimum Gasteiger partial charge on any atom is -0.507 e. The molecule has 15 nitrogen and oxygen atoms in total. The molecule has 264 valence electrons. The van der Waals surface area contributed by atoms with Crippen LogP contribution in [0.3, 0.4) is 0 Å². The Morgan fingerprint density at radius 2 is 1.71 bits per heavy atom. The lowest BCUT2D eigenvalue weighted by molar-refractivity contribution is -0.249. The fourth-order valence-corrected chi connectivity index (χ4v) is 6.76. The molecule has 1 saturated heterocycles. The first-order valence-electron chi connectivity index (χ1n) is 15.9. The molecule has 6 atom stereocenters. The number of nitrogens with one attached hydrogen (secondary N) is 2. The summed E-state index contributed by atoms with van der Waals surface area (Å²) in [5.74, 6) is -4.92. The van der Waals surface area contributed by atoms with E-state index in [-0.39, 0.29) is 59.2 Å². The zero-order valence-electron chi connectivity index (χ0n) is 27.4. The molecule has 0 spiro atoms. The molecule has 2 aromatic rings. The standard InChI is InChI=1S/C34H40N2O13/c1-14(2)35-22(39)8-9-23(40)36-18-10-24(48-15(3)29(18)41)49-20-12-34(46,21(38)13-37)11-17-26(20)33(45)28-27(31(17)43)30(42)16-6-5-7-19(47-4)25(16)32(28)44/h5-7,14-15,18,20,24,29,37,41,43,45-46H,8-13H2,1-4H3,(H,35,39)(H,36,40)/t15-,18-,20-,24-,29+,34-/m0/s1. The van der Waals surface area contributed by atoms with E-state index in [1.165, 1.54) is 32.2 Å². The van der Waals surface area contributed by atoms with Gasteiger partial charge in [-0.1, -0.05) is 12.1 Å². The number of ether oxygens (including phenoxy) is 3. The van der Waals surface area contributed by atoms with Crippen molar-refractivity contribution in [2.45, 2.75) is 95.2 Å². The maximum atomic E-state index is 13.8. The van der Waals surface area contributed by atoms with Crippen LogP contribution in [-0.4, -0.2) is 105 Å². The Kier molecular flexibility index (Phi) is 10.1. The molecule has 2 aliphatic carbocycles. The number of amides is 2. The van der Waals surface area contributed by atoms with E-state index in [1.807, 2.05) is 0 Å². The van der Waals surface area contributed by atoms with Crippen molar-refractivity contribution in [3.05, 3.63) is 51.6 Å². The summed E-state index contributed by atoms with van der Waals surface area (Å²) in [7, 11) is 1.30. The first kappa shape index (κ1) is 35.9. The molecule has 49 heavy (non-hydrogen) atoms. The Morgan fingerprint density at radius 3 is 2.37 bits per heavy atom. The van der Waals surface area contributed by atoms with Crippen LogP contribution >= 0.6 is 0 Å². The second kappa shape index (κ2) is 13.8. The van der Waals surface area contributed by atoms with Crippen molar-refractivity contribution < 1.29 is 63.7 Å². The Balaban J connectivity index is 1.50. The molecular weight excluding hydrogens is 644 g/mol. The van der Waals surface area contributed by atoms with Crippen LogP contribution in [0, 0.1) is 0 Å². The van der Waals surface area contributed by atoms with Crippen molar-refractivity contribution in [3.63, 3.8) is 0 Å². The number of benzene rings is 2. The average Bonchev–Trinajstić information content (AvgIpc) is 3.05. The Labute approximate surface area is 281 Å². The normalized spacial score (nSPS) is 26.0. The van der Waals surface area contributed by atoms with Gasteiger partial charge in [0, 0.05) is 54.8 Å². The summed E-state index contributed by atoms with van der Waals surface area (Å²) < 4.78 is 17.3. The third-order valence-corrected chi connectivity index (χ3v) is 9.14. The fourth-order valence-electron chi connectivity index (χ4n) is 6.76. The van der Waals surface area contributed by atoms with E-state index in [0.717, 1.165) is 0 Å². The number of phenols is 2. The first-order valence-corrected chi connectivity index (χ1v) is 15.9. The van der Waals surface area contributed by atoms with Gasteiger partial charge in [-0.3, -0.25) is 24.0 Å². The van der Waals surface area contributed by atoms with Crippen LogP contribution in [0.2, 0.25) is 0 Å². The smallest absolute Gasteiger partial charge is 0.220 e. The maximum Gasteiger partial charge on any atom is 0.220 e. The second-order valence-corrected chi connectivity index (χ2v) is 12.9. The molecule has 0 radical (unpaired) electrons. The zero-order valence-corrected chi connectivity index (χ0v) is 27.4. The largest absolute Gasteiger partial charge is 0.507 e. The van der Waals surface area contributed by atoms with Gasteiger partial charge < -0.3 is 50.4 Å². The number of aromatic hydroxyl groups is 2. The molecule has 1 heterocycles. The van der Waals surface area contributed by atoms with Crippen molar-refractivity contribution in [3.8, 4) is 17.2 Å². The van der Waals surface area contributed by atoms with Crippen molar-refractivity contribution in [2.24, 2.45) is 0 Å². The molecule has 3 aliphatic rings. The molecule has 0 saturated carbocycles. The third-order valence-electron chi connectivity index (χ3n) is 9.14. The van der Waals surface area contributed by atoms with Crippen LogP contribution in [0.25, 0.3) is 0 Å². The molecular formula is C34H40N2O13. The molecule has 1 aliphatic heterocycles. The van der Waals surface area contributed by atoms with Crippen molar-refractivity contribution >= 4 is 29.2 Å². The van der Waals surface area contributed by atoms with Gasteiger partial charge in [-0.15, -0.1) is 0 Å². The summed E-state index contributed by atoms with van der Waals surface area (Å²) in [6, 6.07) is 3.27. The third kappa shape index (κ3) is 6.64. The number of phenolic OH excluding ortho intramolecular Hbond substituents is 2. The number of rotatable bonds is 10. The number of fused-ring (bicyclic) bond motifs is 3. The van der Waals surface area contributed by atoms with Gasteiger partial charge >= 0.3 is 0 Å². The van der Waals surface area contributed by atoms with Crippen LogP contribution in [0.15, 0.2) is 18.2 Å². The maximum absolute atomic E-state index is 13.8. The van der Waals surface area contributed by atoms with Gasteiger partial charge in [-0.2, -0.15) is 0 Å². The lowest BCUT2D eigenvalue weighted by atomic mass is 9.72. The highest BCUT2D eigenvalue weighted by atomic mass is 16.7. The molecule has 7 N–H and O–H groups in total. The Bertz CT molecular complexity index is 1710. The summed E-state index contributed by atoms with van der Waals surface area (Å²) in [5, 5.41) is 60.5. The van der Waals surface area contributed by atoms with Gasteiger partial charge in [0.15, 0.2) is 17.9 Å². The zero-order chi connectivity index (χ0) is 35.9. The van der Waals surface area contributed by atoms with Crippen LogP contribution < -0.4 is 15.4 Å². The summed E-state index contributed by atoms with van der Waals surface area (Å²) in [4.78, 5) is 65.1. The Morgan fingerprint density at radius 1 is 1.04 bits per heavy atom. The minimum absolute atomic E-state index is 0.0608. The molecule has 5 rings (SSSR count). The number of methoxy groups -OCH3 is 1. The van der Waals surface area contributed by atoms with Crippen LogP contribution in [0.4, 0.5) is 0 Å². The summed E-state index contributed by atoms with van der Waals surface area (Å²) >= 11 is 0. The van der Waals surface area contributed by atoms with E-state index in [2.05, 4.69) is 10.6 Å².